The average molecular weight is 973 g/mol. The molecule has 0 aromatic heterocycles. The number of hydrogen-bond donors (Lipinski definition) is 0. The highest BCUT2D eigenvalue weighted by Gasteiger charge is 2.33. The molecule has 0 atom stereocenters. The van der Waals surface area contributed by atoms with Gasteiger partial charge in [0.2, 0.25) is 0 Å². The Bertz CT molecular complexity index is 2360. The molecule has 0 aliphatic heterocycles. The van der Waals surface area contributed by atoms with Crippen LogP contribution < -0.4 is 28.4 Å². The summed E-state index contributed by atoms with van der Waals surface area (Å²) in [6, 6.07) is 10.3. The van der Waals surface area contributed by atoms with Crippen molar-refractivity contribution in [3.8, 4) is 34.5 Å². The predicted octanol–water partition coefficient (Wildman–Crippen LogP) is 15.6. The van der Waals surface area contributed by atoms with Crippen molar-refractivity contribution >= 4 is 46.2 Å². The maximum absolute atomic E-state index is 13.9. The monoisotopic (exact) mass is 973 g/mol. The molecule has 4 aromatic carbocycles. The van der Waals surface area contributed by atoms with E-state index in [0.717, 1.165) is 103 Å². The summed E-state index contributed by atoms with van der Waals surface area (Å²) >= 11 is 0. The van der Waals surface area contributed by atoms with Crippen LogP contribution in [0.4, 0.5) is 19.2 Å². The molecule has 0 radical (unpaired) electrons. The Balaban J connectivity index is 1.82. The molecule has 0 bridgehead atoms. The number of ether oxygens (including phenoxy) is 10. The predicted molar refractivity (Wildman–Crippen MR) is 269 cm³/mol. The second kappa shape index (κ2) is 30.0. The standard InChI is InChI=1S/C56H76O14/c1-7-13-17-21-25-35-63-53(57)67-49-39-31-29-33-41(61-11-5)43(39)51(69-55(59)65-37-27-23-19-15-9-3)47-45(49)46-48(47)52(70-56(60)66-38-28-24-20-16-10-4)44-40(32-30-34-42(44)62-12-6)50(46)68-54(58)64-36-26-22-18-14-8-2/h29-34H,7-28,35-38H2,1-6H3. The molecule has 0 heterocycles. The summed E-state index contributed by atoms with van der Waals surface area (Å²) in [7, 11) is 0. The molecule has 4 aromatic rings. The van der Waals surface area contributed by atoms with E-state index in [4.69, 9.17) is 47.4 Å². The molecule has 1 aliphatic rings. The molecule has 0 saturated carbocycles. The van der Waals surface area contributed by atoms with Crippen LogP contribution in [0.15, 0.2) is 36.4 Å². The first-order valence-electron chi connectivity index (χ1n) is 26.1. The van der Waals surface area contributed by atoms with E-state index in [0.29, 0.717) is 48.0 Å². The normalized spacial score (nSPS) is 11.3. The lowest BCUT2D eigenvalue weighted by atomic mass is 9.90. The molecule has 0 N–H and O–H groups in total. The van der Waals surface area contributed by atoms with E-state index in [1.807, 2.05) is 13.8 Å². The summed E-state index contributed by atoms with van der Waals surface area (Å²) in [6.07, 6.45) is 14.7. The van der Waals surface area contributed by atoms with Gasteiger partial charge in [0.15, 0.2) is 23.0 Å². The van der Waals surface area contributed by atoms with Crippen molar-refractivity contribution in [2.24, 2.45) is 0 Å². The van der Waals surface area contributed by atoms with Crippen molar-refractivity contribution < 1.29 is 66.5 Å². The van der Waals surface area contributed by atoms with Gasteiger partial charge < -0.3 is 47.4 Å². The molecule has 0 fully saturated rings. The molecule has 0 saturated heterocycles. The van der Waals surface area contributed by atoms with E-state index in [2.05, 4.69) is 27.7 Å². The van der Waals surface area contributed by atoms with Crippen molar-refractivity contribution in [1.82, 2.24) is 0 Å². The maximum atomic E-state index is 13.9. The Labute approximate surface area is 412 Å². The molecule has 0 amide bonds. The van der Waals surface area contributed by atoms with Crippen LogP contribution in [-0.2, 0) is 18.9 Å². The van der Waals surface area contributed by atoms with Crippen molar-refractivity contribution in [3.63, 3.8) is 0 Å². The van der Waals surface area contributed by atoms with Gasteiger partial charge in [-0.2, -0.15) is 0 Å². The molecule has 70 heavy (non-hydrogen) atoms. The fraction of sp³-hybridized carbons (Fsp3) is 0.571. The van der Waals surface area contributed by atoms with Gasteiger partial charge in [-0.15, -0.1) is 0 Å². The number of hydrogen-bond acceptors (Lipinski definition) is 14. The zero-order valence-corrected chi connectivity index (χ0v) is 42.6. The summed E-state index contributed by atoms with van der Waals surface area (Å²) < 4.78 is 60.0. The first-order chi connectivity index (χ1) is 34.2. The highest BCUT2D eigenvalue weighted by molar-refractivity contribution is 6.04. The average Bonchev–Trinajstić information content (AvgIpc) is 3.34. The molecule has 0 unspecified atom stereocenters. The largest absolute Gasteiger partial charge is 0.513 e. The lowest BCUT2D eigenvalue weighted by Gasteiger charge is -2.23. The third kappa shape index (κ3) is 15.0. The highest BCUT2D eigenvalue weighted by Crippen LogP contribution is 2.50. The van der Waals surface area contributed by atoms with Crippen LogP contribution in [0.1, 0.15) is 170 Å². The third-order valence-corrected chi connectivity index (χ3v) is 12.1. The van der Waals surface area contributed by atoms with Crippen molar-refractivity contribution in [2.75, 3.05) is 39.6 Å². The minimum Gasteiger partial charge on any atom is -0.493 e. The number of carbonyl (C=O) groups excluding carboxylic acids is 4. The Morgan fingerprint density at radius 1 is 0.343 bits per heavy atom. The Morgan fingerprint density at radius 3 is 0.900 bits per heavy atom. The fourth-order valence-corrected chi connectivity index (χ4v) is 8.64. The van der Waals surface area contributed by atoms with Gasteiger partial charge in [0.1, 0.15) is 11.5 Å². The van der Waals surface area contributed by atoms with E-state index < -0.39 is 24.6 Å². The summed E-state index contributed by atoms with van der Waals surface area (Å²) in [5, 5.41) is 1.93. The second-order valence-corrected chi connectivity index (χ2v) is 17.5. The third-order valence-electron chi connectivity index (χ3n) is 12.1. The molecular weight excluding hydrogens is 897 g/mol. The fourth-order valence-electron chi connectivity index (χ4n) is 8.64. The smallest absolute Gasteiger partial charge is 0.493 e. The highest BCUT2D eigenvalue weighted by atomic mass is 16.7. The number of fused-ring (bicyclic) bond motifs is 4. The molecule has 5 rings (SSSR count). The van der Waals surface area contributed by atoms with Crippen LogP contribution in [0.5, 0.6) is 34.5 Å². The van der Waals surface area contributed by atoms with Gasteiger partial charge in [0.25, 0.3) is 0 Å². The van der Waals surface area contributed by atoms with Crippen LogP contribution in [0.25, 0.3) is 21.5 Å². The minimum absolute atomic E-state index is 0.00161. The van der Waals surface area contributed by atoms with Gasteiger partial charge in [0.05, 0.1) is 50.4 Å². The number of benzene rings is 4. The molecule has 384 valence electrons. The van der Waals surface area contributed by atoms with Crippen molar-refractivity contribution in [2.45, 2.75) is 170 Å². The van der Waals surface area contributed by atoms with Crippen LogP contribution in [0.2, 0.25) is 0 Å². The topological polar surface area (TPSA) is 161 Å². The Kier molecular flexibility index (Phi) is 23.5. The molecule has 1 aliphatic carbocycles. The number of rotatable bonds is 32. The number of unbranched alkanes of at least 4 members (excludes halogenated alkanes) is 16. The van der Waals surface area contributed by atoms with Crippen LogP contribution in [0, 0.1) is 20.9 Å². The van der Waals surface area contributed by atoms with Crippen molar-refractivity contribution in [3.05, 3.63) is 57.3 Å². The van der Waals surface area contributed by atoms with E-state index >= 15 is 0 Å². The maximum Gasteiger partial charge on any atom is 0.513 e. The molecule has 0 spiro atoms. The van der Waals surface area contributed by atoms with Gasteiger partial charge >= 0.3 is 24.6 Å². The quantitative estimate of drug-likeness (QED) is 0.0173. The zero-order valence-electron chi connectivity index (χ0n) is 42.6. The number of carbonyl (C=O) groups is 4. The van der Waals surface area contributed by atoms with Crippen LogP contribution in [0.3, 0.4) is 0 Å². The van der Waals surface area contributed by atoms with E-state index in [9.17, 15) is 19.2 Å². The second-order valence-electron chi connectivity index (χ2n) is 17.5. The minimum atomic E-state index is -0.991. The van der Waals surface area contributed by atoms with E-state index in [-0.39, 0.29) is 94.3 Å². The molecule has 14 nitrogen and oxygen atoms in total. The van der Waals surface area contributed by atoms with Crippen LogP contribution in [-0.4, -0.2) is 64.3 Å². The summed E-state index contributed by atoms with van der Waals surface area (Å²) in [6.45, 7) is 13.1. The lowest BCUT2D eigenvalue weighted by molar-refractivity contribution is 0.0941. The molecular formula is C56H76O14. The summed E-state index contributed by atoms with van der Waals surface area (Å²) in [5.74, 6) is 0.540. The summed E-state index contributed by atoms with van der Waals surface area (Å²) in [5.41, 5.74) is 0. The lowest BCUT2D eigenvalue weighted by Crippen LogP contribution is -2.18. The van der Waals surface area contributed by atoms with Crippen molar-refractivity contribution in [1.29, 1.82) is 0 Å². The van der Waals surface area contributed by atoms with Gasteiger partial charge in [0, 0.05) is 31.6 Å². The SMILES string of the molecule is CCCCCCCOC(=O)Oc1c2c(c(OC(=O)OCCCCCCC)c3c(OCC)cccc13)=c1c(OC(=O)OCCCCCCC)c3c(OCC)cccc3c(OC(=O)OCCCCCCC)c1=2. The summed E-state index contributed by atoms with van der Waals surface area (Å²) in [4.78, 5) is 55.5. The van der Waals surface area contributed by atoms with Gasteiger partial charge in [-0.05, 0) is 51.7 Å². The van der Waals surface area contributed by atoms with Gasteiger partial charge in [-0.3, -0.25) is 0 Å². The first-order valence-corrected chi connectivity index (χ1v) is 26.1. The Hall–Kier alpha value is -5.92. The molecule has 14 heteroatoms. The van der Waals surface area contributed by atoms with E-state index in [1.54, 1.807) is 36.4 Å². The van der Waals surface area contributed by atoms with Crippen LogP contribution >= 0.6 is 0 Å². The van der Waals surface area contributed by atoms with E-state index in [1.165, 1.54) is 0 Å². The zero-order chi connectivity index (χ0) is 50.1. The van der Waals surface area contributed by atoms with Gasteiger partial charge in [-0.1, -0.05) is 155 Å². The van der Waals surface area contributed by atoms with Gasteiger partial charge in [-0.25, -0.2) is 19.2 Å². The Morgan fingerprint density at radius 2 is 0.614 bits per heavy atom. The first kappa shape index (κ1) is 55.0.